The molecule has 1 aromatic heterocycles. The van der Waals surface area contributed by atoms with Crippen LogP contribution in [0.5, 0.6) is 0 Å². The minimum atomic E-state index is -0.253. The summed E-state index contributed by atoms with van der Waals surface area (Å²) in [7, 11) is 1.45. The smallest absolute Gasteiger partial charge is 0.251 e. The Balaban J connectivity index is 2.58. The SMILES string of the molecule is COCC(=O)Nc1cc(Cl)ccn1. The van der Waals surface area contributed by atoms with Crippen molar-refractivity contribution in [2.45, 2.75) is 0 Å². The van der Waals surface area contributed by atoms with E-state index >= 15 is 0 Å². The second kappa shape index (κ2) is 4.79. The van der Waals surface area contributed by atoms with Crippen molar-refractivity contribution in [2.75, 3.05) is 19.0 Å². The molecule has 1 aromatic rings. The highest BCUT2D eigenvalue weighted by atomic mass is 35.5. The summed E-state index contributed by atoms with van der Waals surface area (Å²) in [4.78, 5) is 14.9. The molecule has 0 fully saturated rings. The monoisotopic (exact) mass is 200 g/mol. The zero-order valence-corrected chi connectivity index (χ0v) is 7.84. The van der Waals surface area contributed by atoms with Gasteiger partial charge in [0, 0.05) is 18.3 Å². The van der Waals surface area contributed by atoms with Crippen molar-refractivity contribution >= 4 is 23.3 Å². The van der Waals surface area contributed by atoms with Gasteiger partial charge in [0.1, 0.15) is 12.4 Å². The number of methoxy groups -OCH3 is 1. The van der Waals surface area contributed by atoms with Gasteiger partial charge in [-0.2, -0.15) is 0 Å². The van der Waals surface area contributed by atoms with Gasteiger partial charge >= 0.3 is 0 Å². The number of halogens is 1. The maximum atomic E-state index is 11.0. The van der Waals surface area contributed by atoms with E-state index in [4.69, 9.17) is 11.6 Å². The fourth-order valence-corrected chi connectivity index (χ4v) is 0.943. The van der Waals surface area contributed by atoms with Crippen molar-refractivity contribution in [1.29, 1.82) is 0 Å². The predicted molar refractivity (Wildman–Crippen MR) is 49.8 cm³/mol. The lowest BCUT2D eigenvalue weighted by molar-refractivity contribution is -0.119. The van der Waals surface area contributed by atoms with Crippen LogP contribution in [-0.2, 0) is 9.53 Å². The summed E-state index contributed by atoms with van der Waals surface area (Å²) in [6, 6.07) is 3.20. The van der Waals surface area contributed by atoms with Crippen LogP contribution in [0.1, 0.15) is 0 Å². The standard InChI is InChI=1S/C8H9ClN2O2/c1-13-5-8(12)11-7-4-6(9)2-3-10-7/h2-4H,5H2,1H3,(H,10,11,12). The molecule has 70 valence electrons. The minimum Gasteiger partial charge on any atom is -0.375 e. The van der Waals surface area contributed by atoms with E-state index in [1.807, 2.05) is 0 Å². The Bertz CT molecular complexity index is 304. The zero-order valence-electron chi connectivity index (χ0n) is 7.08. The van der Waals surface area contributed by atoms with Gasteiger partial charge in [-0.05, 0) is 12.1 Å². The van der Waals surface area contributed by atoms with Crippen molar-refractivity contribution in [2.24, 2.45) is 0 Å². The summed E-state index contributed by atoms with van der Waals surface area (Å²) in [5.74, 6) is 0.173. The van der Waals surface area contributed by atoms with Gasteiger partial charge < -0.3 is 10.1 Å². The maximum Gasteiger partial charge on any atom is 0.251 e. The molecule has 0 saturated carbocycles. The Morgan fingerprint density at radius 1 is 1.77 bits per heavy atom. The average Bonchev–Trinajstić information content (AvgIpc) is 2.04. The van der Waals surface area contributed by atoms with Crippen LogP contribution in [0.4, 0.5) is 5.82 Å². The number of carbonyl (C=O) groups is 1. The van der Waals surface area contributed by atoms with Crippen LogP contribution in [0.25, 0.3) is 0 Å². The topological polar surface area (TPSA) is 51.2 Å². The Labute approximate surface area is 80.9 Å². The van der Waals surface area contributed by atoms with E-state index in [0.29, 0.717) is 10.8 Å². The molecule has 0 aliphatic carbocycles. The van der Waals surface area contributed by atoms with Crippen molar-refractivity contribution in [1.82, 2.24) is 4.98 Å². The summed E-state index contributed by atoms with van der Waals surface area (Å²) in [5, 5.41) is 3.05. The Morgan fingerprint density at radius 2 is 2.54 bits per heavy atom. The number of nitrogens with one attached hydrogen (secondary N) is 1. The Morgan fingerprint density at radius 3 is 3.15 bits per heavy atom. The van der Waals surface area contributed by atoms with Crippen LogP contribution in [0.15, 0.2) is 18.3 Å². The highest BCUT2D eigenvalue weighted by Gasteiger charge is 2.01. The normalized spacial score (nSPS) is 9.69. The third-order valence-corrected chi connectivity index (χ3v) is 1.50. The van der Waals surface area contributed by atoms with E-state index in [9.17, 15) is 4.79 Å². The summed E-state index contributed by atoms with van der Waals surface area (Å²) in [6.07, 6.45) is 1.52. The number of rotatable bonds is 3. The zero-order chi connectivity index (χ0) is 9.68. The second-order valence-electron chi connectivity index (χ2n) is 2.34. The first kappa shape index (κ1) is 9.95. The Hall–Kier alpha value is -1.13. The molecule has 1 heterocycles. The van der Waals surface area contributed by atoms with E-state index in [1.54, 1.807) is 12.1 Å². The van der Waals surface area contributed by atoms with Crippen LogP contribution >= 0.6 is 11.6 Å². The molecule has 0 radical (unpaired) electrons. The molecule has 0 aromatic carbocycles. The van der Waals surface area contributed by atoms with Crippen molar-refractivity contribution in [3.63, 3.8) is 0 Å². The van der Waals surface area contributed by atoms with E-state index in [-0.39, 0.29) is 12.5 Å². The highest BCUT2D eigenvalue weighted by molar-refractivity contribution is 6.30. The molecule has 13 heavy (non-hydrogen) atoms. The van der Waals surface area contributed by atoms with Gasteiger partial charge in [-0.25, -0.2) is 4.98 Å². The molecule has 0 atom stereocenters. The Kier molecular flexibility index (Phi) is 3.67. The molecule has 0 spiro atoms. The summed E-state index contributed by atoms with van der Waals surface area (Å²) in [5.41, 5.74) is 0. The quantitative estimate of drug-likeness (QED) is 0.801. The third kappa shape index (κ3) is 3.40. The summed E-state index contributed by atoms with van der Waals surface area (Å²) < 4.78 is 4.63. The van der Waals surface area contributed by atoms with E-state index in [2.05, 4.69) is 15.0 Å². The van der Waals surface area contributed by atoms with Gasteiger partial charge in [0.2, 0.25) is 0 Å². The van der Waals surface area contributed by atoms with Crippen LogP contribution in [-0.4, -0.2) is 24.6 Å². The molecule has 1 N–H and O–H groups in total. The lowest BCUT2D eigenvalue weighted by Crippen LogP contribution is -2.17. The molecular weight excluding hydrogens is 192 g/mol. The number of carbonyl (C=O) groups excluding carboxylic acids is 1. The molecular formula is C8H9ClN2O2. The van der Waals surface area contributed by atoms with Crippen LogP contribution in [0.2, 0.25) is 5.02 Å². The number of amides is 1. The molecule has 0 aliphatic rings. The highest BCUT2D eigenvalue weighted by Crippen LogP contribution is 2.11. The number of hydrogen-bond acceptors (Lipinski definition) is 3. The molecule has 0 saturated heterocycles. The number of aromatic nitrogens is 1. The van der Waals surface area contributed by atoms with Gasteiger partial charge in [0.15, 0.2) is 0 Å². The first-order valence-corrected chi connectivity index (χ1v) is 4.00. The van der Waals surface area contributed by atoms with Crippen LogP contribution < -0.4 is 5.32 Å². The lowest BCUT2D eigenvalue weighted by atomic mass is 10.4. The molecule has 0 unspecified atom stereocenters. The minimum absolute atomic E-state index is 0.00813. The van der Waals surface area contributed by atoms with Crippen molar-refractivity contribution in [3.05, 3.63) is 23.4 Å². The van der Waals surface area contributed by atoms with Crippen LogP contribution in [0.3, 0.4) is 0 Å². The van der Waals surface area contributed by atoms with Crippen molar-refractivity contribution in [3.8, 4) is 0 Å². The van der Waals surface area contributed by atoms with Gasteiger partial charge in [0.25, 0.3) is 5.91 Å². The van der Waals surface area contributed by atoms with Crippen LogP contribution in [0, 0.1) is 0 Å². The molecule has 0 bridgehead atoms. The number of ether oxygens (including phenoxy) is 1. The second-order valence-corrected chi connectivity index (χ2v) is 2.78. The average molecular weight is 201 g/mol. The van der Waals surface area contributed by atoms with Gasteiger partial charge in [-0.3, -0.25) is 4.79 Å². The molecule has 1 amide bonds. The number of anilines is 1. The van der Waals surface area contributed by atoms with E-state index in [0.717, 1.165) is 0 Å². The first-order valence-electron chi connectivity index (χ1n) is 3.62. The van der Waals surface area contributed by atoms with Gasteiger partial charge in [-0.15, -0.1) is 0 Å². The van der Waals surface area contributed by atoms with E-state index in [1.165, 1.54) is 13.3 Å². The molecule has 5 heteroatoms. The number of hydrogen-bond donors (Lipinski definition) is 1. The number of pyridine rings is 1. The van der Waals surface area contributed by atoms with Gasteiger partial charge in [0.05, 0.1) is 0 Å². The van der Waals surface area contributed by atoms with E-state index < -0.39 is 0 Å². The number of nitrogens with zero attached hydrogens (tertiary/aromatic N) is 1. The summed E-state index contributed by atoms with van der Waals surface area (Å²) in [6.45, 7) is 0.00813. The summed E-state index contributed by atoms with van der Waals surface area (Å²) >= 11 is 5.68. The molecule has 0 aliphatic heterocycles. The molecule has 4 nitrogen and oxygen atoms in total. The molecule has 1 rings (SSSR count). The fourth-order valence-electron chi connectivity index (χ4n) is 0.783. The lowest BCUT2D eigenvalue weighted by Gasteiger charge is -2.02. The fraction of sp³-hybridized carbons (Fsp3) is 0.250. The third-order valence-electron chi connectivity index (χ3n) is 1.26. The maximum absolute atomic E-state index is 11.0. The predicted octanol–water partition coefficient (Wildman–Crippen LogP) is 1.32. The van der Waals surface area contributed by atoms with Gasteiger partial charge in [-0.1, -0.05) is 11.6 Å². The largest absolute Gasteiger partial charge is 0.375 e. The van der Waals surface area contributed by atoms with Crippen molar-refractivity contribution < 1.29 is 9.53 Å². The first-order chi connectivity index (χ1) is 6.22.